The van der Waals surface area contributed by atoms with E-state index in [9.17, 15) is 9.59 Å². The third-order valence-corrected chi connectivity index (χ3v) is 2.56. The Bertz CT molecular complexity index is 319. The molecular formula is C18H32O4. The monoisotopic (exact) mass is 312 g/mol. The fraction of sp³-hybridized carbons (Fsp3) is 0.667. The fourth-order valence-corrected chi connectivity index (χ4v) is 1.37. The Morgan fingerprint density at radius 3 is 1.86 bits per heavy atom. The molecule has 0 aliphatic heterocycles. The van der Waals surface area contributed by atoms with Gasteiger partial charge in [-0.2, -0.15) is 0 Å². The van der Waals surface area contributed by atoms with Crippen molar-refractivity contribution in [3.05, 3.63) is 25.3 Å². The number of hydrogen-bond donors (Lipinski definition) is 0. The standard InChI is InChI=1S/C11H20O2.C7H12O2/c1-4-11(12)13-9-7-5-6-8-10(2)3;1-4-7(8)9-5-6(2)3/h4,10H,1,5-9H2,2-3H3;4,6H,1,5H2,2-3H3. The quantitative estimate of drug-likeness (QED) is 0.343. The van der Waals surface area contributed by atoms with Gasteiger partial charge < -0.3 is 9.47 Å². The van der Waals surface area contributed by atoms with Crippen molar-refractivity contribution in [2.75, 3.05) is 13.2 Å². The zero-order valence-corrected chi connectivity index (χ0v) is 14.6. The Kier molecular flexibility index (Phi) is 16.3. The molecule has 4 nitrogen and oxygen atoms in total. The highest BCUT2D eigenvalue weighted by Crippen LogP contribution is 2.07. The molecule has 0 radical (unpaired) electrons. The number of unbranched alkanes of at least 4 members (excludes halogenated alkanes) is 2. The average molecular weight is 312 g/mol. The lowest BCUT2D eigenvalue weighted by atomic mass is 10.1. The summed E-state index contributed by atoms with van der Waals surface area (Å²) in [5, 5.41) is 0. The zero-order valence-electron chi connectivity index (χ0n) is 14.6. The average Bonchev–Trinajstić information content (AvgIpc) is 2.48. The van der Waals surface area contributed by atoms with E-state index < -0.39 is 0 Å². The van der Waals surface area contributed by atoms with Gasteiger partial charge in [0.05, 0.1) is 13.2 Å². The molecule has 0 aromatic carbocycles. The molecule has 0 spiro atoms. The van der Waals surface area contributed by atoms with Crippen LogP contribution in [0.1, 0.15) is 53.4 Å². The van der Waals surface area contributed by atoms with Crippen LogP contribution in [0.15, 0.2) is 25.3 Å². The molecule has 0 saturated carbocycles. The molecule has 4 heteroatoms. The number of carbonyl (C=O) groups excluding carboxylic acids is 2. The molecule has 0 rings (SSSR count). The lowest BCUT2D eigenvalue weighted by Gasteiger charge is -2.04. The third-order valence-electron chi connectivity index (χ3n) is 2.56. The summed E-state index contributed by atoms with van der Waals surface area (Å²) in [7, 11) is 0. The molecule has 0 heterocycles. The first-order chi connectivity index (χ1) is 10.3. The summed E-state index contributed by atoms with van der Waals surface area (Å²) in [6.07, 6.45) is 6.96. The summed E-state index contributed by atoms with van der Waals surface area (Å²) >= 11 is 0. The van der Waals surface area contributed by atoms with E-state index in [0.717, 1.165) is 18.8 Å². The van der Waals surface area contributed by atoms with E-state index in [0.29, 0.717) is 19.1 Å². The Morgan fingerprint density at radius 2 is 1.41 bits per heavy atom. The van der Waals surface area contributed by atoms with Crippen LogP contribution in [0.25, 0.3) is 0 Å². The maximum absolute atomic E-state index is 10.6. The molecular weight excluding hydrogens is 280 g/mol. The number of hydrogen-bond acceptors (Lipinski definition) is 4. The van der Waals surface area contributed by atoms with Crippen molar-refractivity contribution in [2.24, 2.45) is 11.8 Å². The Balaban J connectivity index is 0. The highest BCUT2D eigenvalue weighted by Gasteiger charge is 1.97. The van der Waals surface area contributed by atoms with Gasteiger partial charge in [0.1, 0.15) is 0 Å². The summed E-state index contributed by atoms with van der Waals surface area (Å²) in [6, 6.07) is 0. The molecule has 0 aliphatic rings. The molecule has 128 valence electrons. The Hall–Kier alpha value is -1.58. The molecule has 0 atom stereocenters. The minimum Gasteiger partial charge on any atom is -0.463 e. The van der Waals surface area contributed by atoms with Crippen LogP contribution in [-0.2, 0) is 19.1 Å². The van der Waals surface area contributed by atoms with E-state index in [2.05, 4.69) is 27.0 Å². The summed E-state index contributed by atoms with van der Waals surface area (Å²) in [5.74, 6) is 0.511. The van der Waals surface area contributed by atoms with Crippen molar-refractivity contribution >= 4 is 11.9 Å². The van der Waals surface area contributed by atoms with Gasteiger partial charge in [-0.15, -0.1) is 0 Å². The molecule has 0 unspecified atom stereocenters. The van der Waals surface area contributed by atoms with Crippen molar-refractivity contribution in [3.63, 3.8) is 0 Å². The van der Waals surface area contributed by atoms with Gasteiger partial charge >= 0.3 is 11.9 Å². The maximum atomic E-state index is 10.6. The van der Waals surface area contributed by atoms with Gasteiger partial charge in [0.15, 0.2) is 0 Å². The van der Waals surface area contributed by atoms with E-state index in [1.54, 1.807) is 0 Å². The van der Waals surface area contributed by atoms with E-state index >= 15 is 0 Å². The van der Waals surface area contributed by atoms with Crippen molar-refractivity contribution in [1.82, 2.24) is 0 Å². The van der Waals surface area contributed by atoms with Crippen molar-refractivity contribution < 1.29 is 19.1 Å². The van der Waals surface area contributed by atoms with E-state index in [1.807, 2.05) is 13.8 Å². The summed E-state index contributed by atoms with van der Waals surface area (Å²) < 4.78 is 9.54. The number of ether oxygens (including phenoxy) is 2. The minimum absolute atomic E-state index is 0.316. The van der Waals surface area contributed by atoms with E-state index in [1.165, 1.54) is 25.0 Å². The van der Waals surface area contributed by atoms with Crippen molar-refractivity contribution in [1.29, 1.82) is 0 Å². The van der Waals surface area contributed by atoms with E-state index in [-0.39, 0.29) is 11.9 Å². The van der Waals surface area contributed by atoms with Crippen LogP contribution in [0.5, 0.6) is 0 Å². The Morgan fingerprint density at radius 1 is 0.864 bits per heavy atom. The molecule has 0 aliphatic carbocycles. The maximum Gasteiger partial charge on any atom is 0.330 e. The lowest BCUT2D eigenvalue weighted by molar-refractivity contribution is -0.139. The summed E-state index contributed by atoms with van der Waals surface area (Å²) in [5.41, 5.74) is 0. The smallest absolute Gasteiger partial charge is 0.330 e. The SMILES string of the molecule is C=CC(=O)OCC(C)C.C=CC(=O)OCCCCCC(C)C. The number of rotatable bonds is 10. The number of esters is 2. The fourth-order valence-electron chi connectivity index (χ4n) is 1.37. The molecule has 0 aromatic heterocycles. The highest BCUT2D eigenvalue weighted by molar-refractivity contribution is 5.81. The molecule has 0 bridgehead atoms. The van der Waals surface area contributed by atoms with Crippen molar-refractivity contribution in [3.8, 4) is 0 Å². The zero-order chi connectivity index (χ0) is 17.4. The molecule has 0 N–H and O–H groups in total. The molecule has 0 fully saturated rings. The van der Waals surface area contributed by atoms with Crippen LogP contribution in [0.4, 0.5) is 0 Å². The lowest BCUT2D eigenvalue weighted by Crippen LogP contribution is -2.06. The topological polar surface area (TPSA) is 52.6 Å². The van der Waals surface area contributed by atoms with Gasteiger partial charge in [0.2, 0.25) is 0 Å². The first-order valence-electron chi connectivity index (χ1n) is 7.91. The third kappa shape index (κ3) is 20.7. The minimum atomic E-state index is -0.344. The molecule has 0 saturated heterocycles. The summed E-state index contributed by atoms with van der Waals surface area (Å²) in [6.45, 7) is 16.0. The van der Waals surface area contributed by atoms with Gasteiger partial charge in [0.25, 0.3) is 0 Å². The second-order valence-corrected chi connectivity index (χ2v) is 5.84. The Labute approximate surface area is 135 Å². The molecule has 22 heavy (non-hydrogen) atoms. The van der Waals surface area contributed by atoms with Crippen LogP contribution in [0.2, 0.25) is 0 Å². The highest BCUT2D eigenvalue weighted by atomic mass is 16.5. The van der Waals surface area contributed by atoms with Crippen LogP contribution in [-0.4, -0.2) is 25.2 Å². The van der Waals surface area contributed by atoms with Gasteiger partial charge in [-0.3, -0.25) is 0 Å². The van der Waals surface area contributed by atoms with Crippen LogP contribution in [0.3, 0.4) is 0 Å². The summed E-state index contributed by atoms with van der Waals surface area (Å²) in [4.78, 5) is 21.0. The van der Waals surface area contributed by atoms with Crippen LogP contribution < -0.4 is 0 Å². The van der Waals surface area contributed by atoms with Crippen LogP contribution >= 0.6 is 0 Å². The normalized spacial score (nSPS) is 9.73. The number of carbonyl (C=O) groups is 2. The largest absolute Gasteiger partial charge is 0.463 e. The first kappa shape index (κ1) is 22.7. The predicted octanol–water partition coefficient (Wildman–Crippen LogP) is 4.30. The van der Waals surface area contributed by atoms with Gasteiger partial charge in [-0.25, -0.2) is 9.59 Å². The predicted molar refractivity (Wildman–Crippen MR) is 90.5 cm³/mol. The van der Waals surface area contributed by atoms with Gasteiger partial charge in [-0.05, 0) is 18.3 Å². The second-order valence-electron chi connectivity index (χ2n) is 5.84. The first-order valence-corrected chi connectivity index (χ1v) is 7.91. The van der Waals surface area contributed by atoms with Crippen molar-refractivity contribution in [2.45, 2.75) is 53.4 Å². The van der Waals surface area contributed by atoms with Gasteiger partial charge in [0, 0.05) is 12.2 Å². The van der Waals surface area contributed by atoms with E-state index in [4.69, 9.17) is 9.47 Å². The van der Waals surface area contributed by atoms with Gasteiger partial charge in [-0.1, -0.05) is 60.1 Å². The molecule has 0 amide bonds. The second kappa shape index (κ2) is 15.8. The molecule has 0 aromatic rings. The van der Waals surface area contributed by atoms with Crippen LogP contribution in [0, 0.1) is 11.8 Å².